The first-order chi connectivity index (χ1) is 8.17. The third-order valence-corrected chi connectivity index (χ3v) is 8.16. The molecule has 0 radical (unpaired) electrons. The quantitative estimate of drug-likeness (QED) is 0.834. The Labute approximate surface area is 112 Å². The molecule has 0 aliphatic heterocycles. The van der Waals surface area contributed by atoms with Gasteiger partial charge in [0.1, 0.15) is 5.82 Å². The van der Waals surface area contributed by atoms with Crippen molar-refractivity contribution in [1.29, 1.82) is 0 Å². The molecule has 0 aliphatic rings. The molecular formula is C13H27N3OSi. The number of hydrogen-bond acceptors (Lipinski definition) is 3. The SMILES string of the molecule is CCCn1nc(CO[Si](C)(C)C(C)(C)C)cc1N. The topological polar surface area (TPSA) is 53.1 Å². The number of nitrogens with two attached hydrogens (primary N) is 1. The van der Waals surface area contributed by atoms with E-state index in [4.69, 9.17) is 10.2 Å². The normalized spacial score (nSPS) is 13.0. The first-order valence-electron chi connectivity index (χ1n) is 6.63. The Bertz CT molecular complexity index is 393. The van der Waals surface area contributed by atoms with E-state index in [0.717, 1.165) is 24.5 Å². The summed E-state index contributed by atoms with van der Waals surface area (Å²) in [5.41, 5.74) is 6.84. The summed E-state index contributed by atoms with van der Waals surface area (Å²) in [5.74, 6) is 0.727. The summed E-state index contributed by atoms with van der Waals surface area (Å²) in [6.45, 7) is 14.8. The first kappa shape index (κ1) is 15.2. The Morgan fingerprint density at radius 2 is 2.00 bits per heavy atom. The average molecular weight is 269 g/mol. The van der Waals surface area contributed by atoms with E-state index in [-0.39, 0.29) is 5.04 Å². The molecule has 2 N–H and O–H groups in total. The maximum Gasteiger partial charge on any atom is 0.192 e. The number of anilines is 1. The summed E-state index contributed by atoms with van der Waals surface area (Å²) >= 11 is 0. The zero-order valence-electron chi connectivity index (χ0n) is 12.6. The minimum absolute atomic E-state index is 0.227. The summed E-state index contributed by atoms with van der Waals surface area (Å²) in [6, 6.07) is 1.92. The fraction of sp³-hybridized carbons (Fsp3) is 0.769. The van der Waals surface area contributed by atoms with Gasteiger partial charge in [-0.1, -0.05) is 27.7 Å². The van der Waals surface area contributed by atoms with Crippen LogP contribution < -0.4 is 5.73 Å². The van der Waals surface area contributed by atoms with E-state index in [1.807, 2.05) is 10.7 Å². The number of hydrogen-bond donors (Lipinski definition) is 1. The highest BCUT2D eigenvalue weighted by molar-refractivity contribution is 6.74. The molecular weight excluding hydrogens is 242 g/mol. The number of nitrogen functional groups attached to an aromatic ring is 1. The molecule has 0 unspecified atom stereocenters. The van der Waals surface area contributed by atoms with Gasteiger partial charge in [-0.05, 0) is 24.6 Å². The van der Waals surface area contributed by atoms with Crippen LogP contribution in [0.5, 0.6) is 0 Å². The van der Waals surface area contributed by atoms with E-state index in [1.54, 1.807) is 0 Å². The second-order valence-corrected chi connectivity index (χ2v) is 11.1. The van der Waals surface area contributed by atoms with Gasteiger partial charge >= 0.3 is 0 Å². The van der Waals surface area contributed by atoms with Crippen LogP contribution in [0.1, 0.15) is 39.8 Å². The largest absolute Gasteiger partial charge is 0.411 e. The molecule has 0 bridgehead atoms. The smallest absolute Gasteiger partial charge is 0.192 e. The summed E-state index contributed by atoms with van der Waals surface area (Å²) in [7, 11) is -1.70. The van der Waals surface area contributed by atoms with Gasteiger partial charge in [0.05, 0.1) is 12.3 Å². The van der Waals surface area contributed by atoms with Crippen molar-refractivity contribution in [3.05, 3.63) is 11.8 Å². The number of rotatable bonds is 5. The lowest BCUT2D eigenvalue weighted by Crippen LogP contribution is -2.40. The molecule has 5 heteroatoms. The Morgan fingerprint density at radius 1 is 1.39 bits per heavy atom. The molecule has 104 valence electrons. The van der Waals surface area contributed by atoms with Crippen molar-refractivity contribution < 1.29 is 4.43 Å². The van der Waals surface area contributed by atoms with Crippen LogP contribution in [0, 0.1) is 0 Å². The molecule has 1 rings (SSSR count). The third kappa shape index (κ3) is 3.59. The van der Waals surface area contributed by atoms with Gasteiger partial charge in [0.2, 0.25) is 0 Å². The van der Waals surface area contributed by atoms with Gasteiger partial charge in [-0.25, -0.2) is 4.68 Å². The monoisotopic (exact) mass is 269 g/mol. The van der Waals surface area contributed by atoms with Gasteiger partial charge in [-0.3, -0.25) is 0 Å². The van der Waals surface area contributed by atoms with Crippen LogP contribution in [-0.4, -0.2) is 18.1 Å². The van der Waals surface area contributed by atoms with Gasteiger partial charge < -0.3 is 10.2 Å². The van der Waals surface area contributed by atoms with Crippen molar-refractivity contribution in [2.24, 2.45) is 0 Å². The average Bonchev–Trinajstić information content (AvgIpc) is 2.56. The van der Waals surface area contributed by atoms with Crippen molar-refractivity contribution in [2.75, 3.05) is 5.73 Å². The lowest BCUT2D eigenvalue weighted by Gasteiger charge is -2.35. The Kier molecular flexibility index (Phi) is 4.61. The zero-order chi connectivity index (χ0) is 14.0. The molecule has 1 aromatic heterocycles. The minimum atomic E-state index is -1.70. The molecule has 0 aliphatic carbocycles. The van der Waals surface area contributed by atoms with Crippen LogP contribution in [0.25, 0.3) is 0 Å². The van der Waals surface area contributed by atoms with Crippen LogP contribution in [-0.2, 0) is 17.6 Å². The molecule has 0 atom stereocenters. The standard InChI is InChI=1S/C13H27N3OSi/c1-7-8-16-12(14)9-11(15-16)10-17-18(5,6)13(2,3)4/h9H,7-8,10,14H2,1-6H3. The van der Waals surface area contributed by atoms with Gasteiger partial charge in [-0.2, -0.15) is 5.10 Å². The maximum absolute atomic E-state index is 6.13. The zero-order valence-corrected chi connectivity index (χ0v) is 13.6. The molecule has 0 fully saturated rings. The van der Waals surface area contributed by atoms with Crippen LogP contribution in [0.15, 0.2) is 6.07 Å². The Morgan fingerprint density at radius 3 is 2.50 bits per heavy atom. The molecule has 0 spiro atoms. The highest BCUT2D eigenvalue weighted by atomic mass is 28.4. The highest BCUT2D eigenvalue weighted by Gasteiger charge is 2.37. The molecule has 4 nitrogen and oxygen atoms in total. The fourth-order valence-electron chi connectivity index (χ4n) is 1.42. The summed E-state index contributed by atoms with van der Waals surface area (Å²) in [5, 5.41) is 4.70. The summed E-state index contributed by atoms with van der Waals surface area (Å²) in [4.78, 5) is 0. The Hall–Kier alpha value is -0.813. The molecule has 1 heterocycles. The van der Waals surface area contributed by atoms with Crippen molar-refractivity contribution >= 4 is 14.1 Å². The van der Waals surface area contributed by atoms with Gasteiger partial charge in [0.15, 0.2) is 8.32 Å². The van der Waals surface area contributed by atoms with Crippen molar-refractivity contribution in [3.8, 4) is 0 Å². The molecule has 0 aromatic carbocycles. The van der Waals surface area contributed by atoms with Gasteiger partial charge in [-0.15, -0.1) is 0 Å². The lowest BCUT2D eigenvalue weighted by molar-refractivity contribution is 0.270. The van der Waals surface area contributed by atoms with Gasteiger partial charge in [0.25, 0.3) is 0 Å². The van der Waals surface area contributed by atoms with Crippen molar-refractivity contribution in [2.45, 2.75) is 65.4 Å². The second-order valence-electron chi connectivity index (χ2n) is 6.33. The minimum Gasteiger partial charge on any atom is -0.411 e. The maximum atomic E-state index is 6.13. The van der Waals surface area contributed by atoms with E-state index >= 15 is 0 Å². The molecule has 0 saturated heterocycles. The van der Waals surface area contributed by atoms with Gasteiger partial charge in [0, 0.05) is 12.6 Å². The summed E-state index contributed by atoms with van der Waals surface area (Å²) < 4.78 is 7.99. The highest BCUT2D eigenvalue weighted by Crippen LogP contribution is 2.37. The van der Waals surface area contributed by atoms with E-state index < -0.39 is 8.32 Å². The molecule has 0 amide bonds. The van der Waals surface area contributed by atoms with E-state index in [0.29, 0.717) is 6.61 Å². The predicted molar refractivity (Wildman–Crippen MR) is 78.9 cm³/mol. The molecule has 18 heavy (non-hydrogen) atoms. The summed E-state index contributed by atoms with van der Waals surface area (Å²) in [6.07, 6.45) is 1.04. The van der Waals surface area contributed by atoms with Crippen LogP contribution in [0.2, 0.25) is 18.1 Å². The van der Waals surface area contributed by atoms with E-state index in [9.17, 15) is 0 Å². The fourth-order valence-corrected chi connectivity index (χ4v) is 2.36. The predicted octanol–water partition coefficient (Wildman–Crippen LogP) is 3.40. The number of aryl methyl sites for hydroxylation is 1. The van der Waals surface area contributed by atoms with Crippen molar-refractivity contribution in [3.63, 3.8) is 0 Å². The first-order valence-corrected chi connectivity index (χ1v) is 9.54. The second kappa shape index (κ2) is 5.44. The third-order valence-electron chi connectivity index (χ3n) is 3.68. The van der Waals surface area contributed by atoms with Crippen LogP contribution in [0.3, 0.4) is 0 Å². The van der Waals surface area contributed by atoms with Crippen LogP contribution >= 0.6 is 0 Å². The van der Waals surface area contributed by atoms with Crippen molar-refractivity contribution in [1.82, 2.24) is 9.78 Å². The Balaban J connectivity index is 2.67. The number of nitrogens with zero attached hydrogens (tertiary/aromatic N) is 2. The van der Waals surface area contributed by atoms with Crippen LogP contribution in [0.4, 0.5) is 5.82 Å². The van der Waals surface area contributed by atoms with E-state index in [1.165, 1.54) is 0 Å². The van der Waals surface area contributed by atoms with E-state index in [2.05, 4.69) is 45.9 Å². The lowest BCUT2D eigenvalue weighted by atomic mass is 10.2. The molecule has 1 aromatic rings. The number of aromatic nitrogens is 2. The molecule has 0 saturated carbocycles.